The third-order valence-corrected chi connectivity index (χ3v) is 4.95. The number of benzene rings is 2. The molecule has 0 aromatic heterocycles. The van der Waals surface area contributed by atoms with Crippen LogP contribution in [0.3, 0.4) is 0 Å². The highest BCUT2D eigenvalue weighted by Gasteiger charge is 2.20. The molecule has 0 spiro atoms. The van der Waals surface area contributed by atoms with E-state index in [1.165, 1.54) is 45.5 Å². The van der Waals surface area contributed by atoms with Crippen LogP contribution in [0, 0.1) is 0 Å². The van der Waals surface area contributed by atoms with Crippen molar-refractivity contribution in [3.8, 4) is 11.5 Å². The van der Waals surface area contributed by atoms with Crippen molar-refractivity contribution in [1.82, 2.24) is 16.0 Å². The fourth-order valence-electron chi connectivity index (χ4n) is 3.04. The van der Waals surface area contributed by atoms with E-state index < -0.39 is 29.8 Å². The molecule has 2 aromatic carbocycles. The summed E-state index contributed by atoms with van der Waals surface area (Å²) in [5.74, 6) is -2.74. The summed E-state index contributed by atoms with van der Waals surface area (Å²) < 4.78 is 9.13. The largest absolute Gasteiger partial charge is 0.507 e. The molecule has 182 valence electrons. The van der Waals surface area contributed by atoms with E-state index in [0.717, 1.165) is 0 Å². The van der Waals surface area contributed by atoms with Crippen LogP contribution in [0.5, 0.6) is 11.5 Å². The summed E-state index contributed by atoms with van der Waals surface area (Å²) in [7, 11) is 3.95. The lowest BCUT2D eigenvalue weighted by atomic mass is 10.1. The second-order valence-corrected chi connectivity index (χ2v) is 7.23. The molecule has 0 saturated carbocycles. The van der Waals surface area contributed by atoms with Gasteiger partial charge in [0.1, 0.15) is 22.6 Å². The van der Waals surface area contributed by atoms with Gasteiger partial charge < -0.3 is 35.6 Å². The van der Waals surface area contributed by atoms with Gasteiger partial charge in [-0.25, -0.2) is 9.59 Å². The average Bonchev–Trinajstić information content (AvgIpc) is 2.83. The molecule has 5 N–H and O–H groups in total. The van der Waals surface area contributed by atoms with Gasteiger partial charge in [-0.15, -0.1) is 0 Å². The van der Waals surface area contributed by atoms with Gasteiger partial charge in [-0.1, -0.05) is 12.1 Å². The molecule has 11 heteroatoms. The van der Waals surface area contributed by atoms with Crippen molar-refractivity contribution in [1.29, 1.82) is 0 Å². The molecule has 0 heterocycles. The number of carbonyl (C=O) groups is 4. The summed E-state index contributed by atoms with van der Waals surface area (Å²) >= 11 is 0. The third kappa shape index (κ3) is 6.94. The number of esters is 2. The Bertz CT molecular complexity index is 1070. The Kier molecular flexibility index (Phi) is 9.38. The summed E-state index contributed by atoms with van der Waals surface area (Å²) in [5, 5.41) is 27.9. The molecule has 0 bridgehead atoms. The van der Waals surface area contributed by atoms with E-state index in [9.17, 15) is 29.4 Å². The highest BCUT2D eigenvalue weighted by atomic mass is 16.5. The number of amides is 2. The Labute approximate surface area is 196 Å². The molecule has 0 saturated heterocycles. The van der Waals surface area contributed by atoms with Crippen LogP contribution in [0.15, 0.2) is 36.4 Å². The first-order valence-corrected chi connectivity index (χ1v) is 10.2. The molecule has 2 aromatic rings. The molecular formula is C23H27N3O8. The van der Waals surface area contributed by atoms with Crippen molar-refractivity contribution < 1.29 is 38.9 Å². The minimum atomic E-state index is -0.821. The minimum absolute atomic E-state index is 0.00982. The summed E-state index contributed by atoms with van der Waals surface area (Å²) in [5.41, 5.74) is 1.13. The Hall–Kier alpha value is -4.12. The highest BCUT2D eigenvalue weighted by Crippen LogP contribution is 2.20. The molecule has 2 rings (SSSR count). The van der Waals surface area contributed by atoms with Crippen LogP contribution in [-0.2, 0) is 32.2 Å². The molecule has 0 fully saturated rings. The molecular weight excluding hydrogens is 446 g/mol. The lowest BCUT2D eigenvalue weighted by Gasteiger charge is -2.16. The number of aromatic hydroxyl groups is 2. The van der Waals surface area contributed by atoms with E-state index in [1.807, 2.05) is 0 Å². The van der Waals surface area contributed by atoms with Crippen molar-refractivity contribution in [2.45, 2.75) is 25.6 Å². The van der Waals surface area contributed by atoms with Gasteiger partial charge in [0.25, 0.3) is 0 Å². The first kappa shape index (κ1) is 26.1. The quantitative estimate of drug-likeness (QED) is 0.311. The van der Waals surface area contributed by atoms with Gasteiger partial charge in [0.15, 0.2) is 0 Å². The maximum Gasteiger partial charge on any atom is 0.341 e. The van der Waals surface area contributed by atoms with Crippen molar-refractivity contribution >= 4 is 23.8 Å². The van der Waals surface area contributed by atoms with E-state index in [0.29, 0.717) is 11.1 Å². The Morgan fingerprint density at radius 3 is 1.71 bits per heavy atom. The predicted octanol–water partition coefficient (Wildman–Crippen LogP) is 0.582. The Balaban J connectivity index is 1.88. The van der Waals surface area contributed by atoms with Gasteiger partial charge in [-0.3, -0.25) is 9.59 Å². The van der Waals surface area contributed by atoms with Gasteiger partial charge in [-0.2, -0.15) is 0 Å². The van der Waals surface area contributed by atoms with Gasteiger partial charge in [0.2, 0.25) is 11.8 Å². The zero-order valence-electron chi connectivity index (χ0n) is 19.0. The van der Waals surface area contributed by atoms with Crippen molar-refractivity contribution in [3.05, 3.63) is 58.7 Å². The van der Waals surface area contributed by atoms with Crippen molar-refractivity contribution in [2.75, 3.05) is 21.3 Å². The number of nitrogens with one attached hydrogen (secondary N) is 3. The first-order chi connectivity index (χ1) is 16.2. The topological polar surface area (TPSA) is 163 Å². The minimum Gasteiger partial charge on any atom is -0.507 e. The zero-order chi connectivity index (χ0) is 25.3. The smallest absolute Gasteiger partial charge is 0.341 e. The lowest BCUT2D eigenvalue weighted by molar-refractivity contribution is -0.128. The number of methoxy groups -OCH3 is 2. The standard InChI is InChI=1S/C23H27N3O8/c1-24-17(21(30)26-12-14-5-7-16(19(28)9-14)23(32)34-3)10-20(29)25-11-13-4-6-15(18(27)8-13)22(31)33-2/h4-9,17,24,27-28H,10-12H2,1-3H3,(H,25,29)(H,26,30). The normalized spacial score (nSPS) is 11.3. The molecule has 11 nitrogen and oxygen atoms in total. The fraction of sp³-hybridized carbons (Fsp3) is 0.304. The molecule has 0 aliphatic rings. The van der Waals surface area contributed by atoms with Crippen LogP contribution in [0.2, 0.25) is 0 Å². The molecule has 0 aliphatic heterocycles. The van der Waals surface area contributed by atoms with Crippen molar-refractivity contribution in [2.24, 2.45) is 0 Å². The first-order valence-electron chi connectivity index (χ1n) is 10.2. The maximum absolute atomic E-state index is 12.5. The fourth-order valence-corrected chi connectivity index (χ4v) is 3.04. The Morgan fingerprint density at radius 1 is 0.824 bits per heavy atom. The van der Waals surface area contributed by atoms with Crippen LogP contribution in [0.25, 0.3) is 0 Å². The average molecular weight is 473 g/mol. The number of rotatable bonds is 10. The van der Waals surface area contributed by atoms with Crippen molar-refractivity contribution in [3.63, 3.8) is 0 Å². The monoisotopic (exact) mass is 473 g/mol. The van der Waals surface area contributed by atoms with Crippen LogP contribution < -0.4 is 16.0 Å². The molecule has 34 heavy (non-hydrogen) atoms. The second-order valence-electron chi connectivity index (χ2n) is 7.23. The number of likely N-dealkylation sites (N-methyl/N-ethyl adjacent to an activating group) is 1. The highest BCUT2D eigenvalue weighted by molar-refractivity contribution is 5.93. The van der Waals surface area contributed by atoms with E-state index >= 15 is 0 Å². The molecule has 1 unspecified atom stereocenters. The number of hydrogen-bond acceptors (Lipinski definition) is 9. The summed E-state index contributed by atoms with van der Waals surface area (Å²) in [6.07, 6.45) is -0.152. The zero-order valence-corrected chi connectivity index (χ0v) is 19.0. The Morgan fingerprint density at radius 2 is 1.29 bits per heavy atom. The van der Waals surface area contributed by atoms with E-state index in [-0.39, 0.29) is 42.1 Å². The summed E-state index contributed by atoms with van der Waals surface area (Å²) in [6, 6.07) is 7.77. The van der Waals surface area contributed by atoms with Crippen LogP contribution >= 0.6 is 0 Å². The van der Waals surface area contributed by atoms with Gasteiger partial charge in [0.05, 0.1) is 26.7 Å². The summed E-state index contributed by atoms with van der Waals surface area (Å²) in [4.78, 5) is 47.8. The number of ether oxygens (including phenoxy) is 2. The summed E-state index contributed by atoms with van der Waals surface area (Å²) in [6.45, 7) is 0.150. The van der Waals surface area contributed by atoms with Crippen LogP contribution in [-0.4, -0.2) is 61.3 Å². The molecule has 0 radical (unpaired) electrons. The predicted molar refractivity (Wildman–Crippen MR) is 120 cm³/mol. The lowest BCUT2D eigenvalue weighted by Crippen LogP contribution is -2.45. The van der Waals surface area contributed by atoms with E-state index in [4.69, 9.17) is 0 Å². The number of hydrogen-bond donors (Lipinski definition) is 5. The molecule has 2 amide bonds. The van der Waals surface area contributed by atoms with Gasteiger partial charge in [0, 0.05) is 13.1 Å². The van der Waals surface area contributed by atoms with E-state index in [1.54, 1.807) is 12.1 Å². The number of phenols is 2. The van der Waals surface area contributed by atoms with Crippen LogP contribution in [0.4, 0.5) is 0 Å². The van der Waals surface area contributed by atoms with Gasteiger partial charge >= 0.3 is 11.9 Å². The van der Waals surface area contributed by atoms with Gasteiger partial charge in [-0.05, 0) is 42.4 Å². The number of carbonyl (C=O) groups excluding carboxylic acids is 4. The molecule has 0 aliphatic carbocycles. The van der Waals surface area contributed by atoms with Crippen LogP contribution in [0.1, 0.15) is 38.3 Å². The third-order valence-electron chi connectivity index (χ3n) is 4.95. The second kappa shape index (κ2) is 12.2. The SMILES string of the molecule is CNC(CC(=O)NCc1ccc(C(=O)OC)c(O)c1)C(=O)NCc1ccc(C(=O)OC)c(O)c1. The molecule has 1 atom stereocenters. The van der Waals surface area contributed by atoms with E-state index in [2.05, 4.69) is 25.4 Å². The number of phenolic OH excluding ortho intramolecular Hbond substituents is 2. The maximum atomic E-state index is 12.5.